The van der Waals surface area contributed by atoms with E-state index >= 15 is 0 Å². The molecule has 0 aliphatic carbocycles. The number of halogens is 1. The van der Waals surface area contributed by atoms with Crippen molar-refractivity contribution in [1.29, 1.82) is 0 Å². The summed E-state index contributed by atoms with van der Waals surface area (Å²) in [5.74, 6) is 0. The van der Waals surface area contributed by atoms with Gasteiger partial charge < -0.3 is 10.1 Å². The Balaban J connectivity index is 1.83. The fraction of sp³-hybridized carbons (Fsp3) is 0.308. The highest BCUT2D eigenvalue weighted by Gasteiger charge is 2.09. The third-order valence-electron chi connectivity index (χ3n) is 3.16. The molecular weight excluding hydrogens is 276 g/mol. The highest BCUT2D eigenvalue weighted by molar-refractivity contribution is 6.30. The lowest BCUT2D eigenvalue weighted by molar-refractivity contribution is 0.637. The van der Waals surface area contributed by atoms with E-state index < -0.39 is 0 Å². The quantitative estimate of drug-likeness (QED) is 0.798. The number of nitrogens with two attached hydrogens (primary N) is 1. The molecule has 7 heteroatoms. The zero-order chi connectivity index (χ0) is 14.1. The van der Waals surface area contributed by atoms with Crippen molar-refractivity contribution in [2.75, 3.05) is 0 Å². The molecule has 0 radical (unpaired) electrons. The van der Waals surface area contributed by atoms with Crippen LogP contribution in [0.3, 0.4) is 0 Å². The van der Waals surface area contributed by atoms with E-state index in [-0.39, 0.29) is 6.04 Å². The fourth-order valence-corrected chi connectivity index (χ4v) is 2.20. The molecule has 2 N–H and O–H groups in total. The van der Waals surface area contributed by atoms with Crippen LogP contribution in [0.2, 0.25) is 5.02 Å². The molecule has 0 saturated carbocycles. The van der Waals surface area contributed by atoms with E-state index in [2.05, 4.69) is 15.3 Å². The maximum Gasteiger partial charge on any atom is 0.137 e. The number of hydrogen-bond donors (Lipinski definition) is 1. The summed E-state index contributed by atoms with van der Waals surface area (Å²) in [4.78, 5) is 4.51. The average molecular weight is 291 g/mol. The number of aromatic nitrogens is 5. The van der Waals surface area contributed by atoms with Gasteiger partial charge in [0.1, 0.15) is 5.65 Å². The lowest BCUT2D eigenvalue weighted by Crippen LogP contribution is -2.08. The Bertz CT molecular complexity index is 731. The van der Waals surface area contributed by atoms with Crippen molar-refractivity contribution < 1.29 is 0 Å². The van der Waals surface area contributed by atoms with Gasteiger partial charge in [0, 0.05) is 12.4 Å². The molecular formula is C13H15ClN6. The molecule has 3 aromatic heterocycles. The van der Waals surface area contributed by atoms with Crippen LogP contribution < -0.4 is 5.73 Å². The van der Waals surface area contributed by atoms with Crippen LogP contribution >= 0.6 is 11.6 Å². The summed E-state index contributed by atoms with van der Waals surface area (Å²) >= 11 is 5.95. The number of fused-ring (bicyclic) bond motifs is 1. The van der Waals surface area contributed by atoms with Crippen LogP contribution in [0.4, 0.5) is 0 Å². The molecule has 3 aromatic rings. The fourth-order valence-electron chi connectivity index (χ4n) is 2.03. The molecule has 20 heavy (non-hydrogen) atoms. The Hall–Kier alpha value is -1.92. The smallest absolute Gasteiger partial charge is 0.137 e. The van der Waals surface area contributed by atoms with Crippen LogP contribution in [0.1, 0.15) is 30.8 Å². The summed E-state index contributed by atoms with van der Waals surface area (Å²) in [6, 6.07) is 3.64. The van der Waals surface area contributed by atoms with Gasteiger partial charge in [-0.2, -0.15) is 0 Å². The number of hydrogen-bond acceptors (Lipinski definition) is 4. The predicted molar refractivity (Wildman–Crippen MR) is 76.5 cm³/mol. The molecule has 3 heterocycles. The van der Waals surface area contributed by atoms with E-state index in [1.165, 1.54) is 0 Å². The van der Waals surface area contributed by atoms with Gasteiger partial charge in [-0.15, -0.1) is 5.10 Å². The minimum absolute atomic E-state index is 0.0661. The van der Waals surface area contributed by atoms with Crippen molar-refractivity contribution in [2.45, 2.75) is 25.9 Å². The lowest BCUT2D eigenvalue weighted by atomic mass is 10.2. The number of nitrogens with zero attached hydrogens (tertiary/aromatic N) is 5. The van der Waals surface area contributed by atoms with Gasteiger partial charge >= 0.3 is 0 Å². The number of imidazole rings is 1. The molecule has 0 fully saturated rings. The van der Waals surface area contributed by atoms with Crippen LogP contribution in [0.5, 0.6) is 0 Å². The van der Waals surface area contributed by atoms with Gasteiger partial charge in [-0.05, 0) is 18.6 Å². The van der Waals surface area contributed by atoms with Crippen molar-refractivity contribution in [3.8, 4) is 0 Å². The summed E-state index contributed by atoms with van der Waals surface area (Å²) < 4.78 is 3.64. The predicted octanol–water partition coefficient (Wildman–Crippen LogP) is 2.04. The zero-order valence-corrected chi connectivity index (χ0v) is 11.8. The van der Waals surface area contributed by atoms with Crippen molar-refractivity contribution in [1.82, 2.24) is 24.4 Å². The van der Waals surface area contributed by atoms with E-state index in [1.54, 1.807) is 4.68 Å². The molecule has 0 spiro atoms. The lowest BCUT2D eigenvalue weighted by Gasteiger charge is -2.01. The Morgan fingerprint density at radius 2 is 2.15 bits per heavy atom. The summed E-state index contributed by atoms with van der Waals surface area (Å²) in [7, 11) is 0. The van der Waals surface area contributed by atoms with Crippen molar-refractivity contribution >= 4 is 17.2 Å². The first-order chi connectivity index (χ1) is 9.65. The molecule has 0 aliphatic rings. The summed E-state index contributed by atoms with van der Waals surface area (Å²) in [6.07, 6.45) is 6.46. The summed E-state index contributed by atoms with van der Waals surface area (Å²) in [5, 5.41) is 8.84. The Kier molecular flexibility index (Phi) is 3.42. The maximum absolute atomic E-state index is 5.95. The molecule has 0 saturated heterocycles. The van der Waals surface area contributed by atoms with Gasteiger partial charge in [0.05, 0.1) is 35.2 Å². The molecule has 1 atom stereocenters. The van der Waals surface area contributed by atoms with Crippen molar-refractivity contribution in [2.24, 2.45) is 5.73 Å². The molecule has 6 nitrogen and oxygen atoms in total. The second kappa shape index (κ2) is 5.22. The largest absolute Gasteiger partial charge is 0.323 e. The summed E-state index contributed by atoms with van der Waals surface area (Å²) in [6.45, 7) is 2.58. The van der Waals surface area contributed by atoms with Gasteiger partial charge in [-0.3, -0.25) is 0 Å². The Morgan fingerprint density at radius 3 is 2.95 bits per heavy atom. The average Bonchev–Trinajstić information content (AvgIpc) is 3.04. The van der Waals surface area contributed by atoms with Crippen molar-refractivity contribution in [3.05, 3.63) is 47.1 Å². The zero-order valence-electron chi connectivity index (χ0n) is 11.1. The maximum atomic E-state index is 5.95. The summed E-state index contributed by atoms with van der Waals surface area (Å²) in [5.41, 5.74) is 8.49. The van der Waals surface area contributed by atoms with Gasteiger partial charge in [-0.25, -0.2) is 9.67 Å². The third-order valence-corrected chi connectivity index (χ3v) is 3.39. The SMILES string of the molecule is CCC(N)c1cn(Cc2cn3cc(Cl)ccc3n2)nn1. The molecule has 1 unspecified atom stereocenters. The van der Waals surface area contributed by atoms with E-state index in [0.717, 1.165) is 23.5 Å². The van der Waals surface area contributed by atoms with Crippen LogP contribution in [0, 0.1) is 0 Å². The normalized spacial score (nSPS) is 12.9. The second-order valence-corrected chi connectivity index (χ2v) is 5.14. The van der Waals surface area contributed by atoms with E-state index in [4.69, 9.17) is 17.3 Å². The number of pyridine rings is 1. The Morgan fingerprint density at radius 1 is 1.30 bits per heavy atom. The first kappa shape index (κ1) is 13.1. The second-order valence-electron chi connectivity index (χ2n) is 4.70. The first-order valence-electron chi connectivity index (χ1n) is 6.44. The van der Waals surface area contributed by atoms with Crippen LogP contribution in [0.25, 0.3) is 5.65 Å². The topological polar surface area (TPSA) is 74.0 Å². The molecule has 0 aromatic carbocycles. The van der Waals surface area contributed by atoms with Crippen molar-refractivity contribution in [3.63, 3.8) is 0 Å². The molecule has 104 valence electrons. The van der Waals surface area contributed by atoms with Gasteiger partial charge in [0.25, 0.3) is 0 Å². The minimum atomic E-state index is -0.0661. The molecule has 0 aliphatic heterocycles. The van der Waals surface area contributed by atoms with Crippen LogP contribution in [-0.2, 0) is 6.54 Å². The highest BCUT2D eigenvalue weighted by atomic mass is 35.5. The highest BCUT2D eigenvalue weighted by Crippen LogP contribution is 2.13. The monoisotopic (exact) mass is 290 g/mol. The van der Waals surface area contributed by atoms with Crippen LogP contribution in [0.15, 0.2) is 30.7 Å². The van der Waals surface area contributed by atoms with Crippen LogP contribution in [-0.4, -0.2) is 24.4 Å². The minimum Gasteiger partial charge on any atom is -0.323 e. The van der Waals surface area contributed by atoms with E-state index in [9.17, 15) is 0 Å². The molecule has 3 rings (SSSR count). The third kappa shape index (κ3) is 2.52. The van der Waals surface area contributed by atoms with E-state index in [1.807, 2.05) is 42.0 Å². The van der Waals surface area contributed by atoms with Gasteiger partial charge in [0.2, 0.25) is 0 Å². The molecule has 0 bridgehead atoms. The van der Waals surface area contributed by atoms with Gasteiger partial charge in [-0.1, -0.05) is 23.7 Å². The Labute approximate surface area is 121 Å². The van der Waals surface area contributed by atoms with Gasteiger partial charge in [0.15, 0.2) is 0 Å². The van der Waals surface area contributed by atoms with E-state index in [0.29, 0.717) is 11.6 Å². The standard InChI is InChI=1S/C13H15ClN6/c1-2-11(15)12-8-20(18-17-12)7-10-6-19-5-9(14)3-4-13(19)16-10/h3-6,8,11H,2,7,15H2,1H3. The number of rotatable bonds is 4. The first-order valence-corrected chi connectivity index (χ1v) is 6.82. The molecule has 0 amide bonds.